The summed E-state index contributed by atoms with van der Waals surface area (Å²) in [5.74, 6) is 1.74. The van der Waals surface area contributed by atoms with Crippen molar-refractivity contribution >= 4 is 27.6 Å². The summed E-state index contributed by atoms with van der Waals surface area (Å²) in [6.07, 6.45) is 1.28. The number of piperidine rings is 1. The van der Waals surface area contributed by atoms with E-state index in [-0.39, 0.29) is 17.6 Å². The molecule has 1 saturated heterocycles. The first-order valence-corrected chi connectivity index (χ1v) is 10.2. The third kappa shape index (κ3) is 4.56. The molecule has 0 N–H and O–H groups in total. The van der Waals surface area contributed by atoms with Crippen molar-refractivity contribution in [1.29, 1.82) is 0 Å². The van der Waals surface area contributed by atoms with Crippen LogP contribution in [0.25, 0.3) is 0 Å². The van der Waals surface area contributed by atoms with Gasteiger partial charge in [-0.2, -0.15) is 0 Å². The van der Waals surface area contributed by atoms with Crippen LogP contribution in [-0.4, -0.2) is 51.0 Å². The summed E-state index contributed by atoms with van der Waals surface area (Å²) in [6.45, 7) is 1.07. The SMILES string of the molecule is COc1ccc(C(=O)C2CCN(C(=O)c3cc(OC)c(Br)c(OC)c3)CC2)cc1. The van der Waals surface area contributed by atoms with E-state index in [1.54, 1.807) is 62.6 Å². The fourth-order valence-electron chi connectivity index (χ4n) is 3.51. The number of ketones is 1. The van der Waals surface area contributed by atoms with Gasteiger partial charge in [-0.25, -0.2) is 0 Å². The van der Waals surface area contributed by atoms with Gasteiger partial charge in [0.1, 0.15) is 21.7 Å². The van der Waals surface area contributed by atoms with Gasteiger partial charge >= 0.3 is 0 Å². The number of hydrogen-bond acceptors (Lipinski definition) is 5. The number of halogens is 1. The van der Waals surface area contributed by atoms with Gasteiger partial charge in [0.25, 0.3) is 5.91 Å². The van der Waals surface area contributed by atoms with Gasteiger partial charge in [0.2, 0.25) is 0 Å². The highest BCUT2D eigenvalue weighted by Gasteiger charge is 2.29. The van der Waals surface area contributed by atoms with Crippen LogP contribution in [0.15, 0.2) is 40.9 Å². The predicted molar refractivity (Wildman–Crippen MR) is 113 cm³/mol. The third-order valence-corrected chi connectivity index (χ3v) is 6.00. The number of benzene rings is 2. The molecule has 0 aliphatic carbocycles. The van der Waals surface area contributed by atoms with Crippen molar-refractivity contribution in [3.63, 3.8) is 0 Å². The molecule has 1 fully saturated rings. The molecule has 1 aliphatic heterocycles. The fourth-order valence-corrected chi connectivity index (χ4v) is 4.06. The number of carbonyl (C=O) groups is 2. The van der Waals surface area contributed by atoms with Crippen molar-refractivity contribution in [3.8, 4) is 17.2 Å². The second-order valence-corrected chi connectivity index (χ2v) is 7.65. The van der Waals surface area contributed by atoms with Crippen LogP contribution < -0.4 is 14.2 Å². The number of methoxy groups -OCH3 is 3. The summed E-state index contributed by atoms with van der Waals surface area (Å²) in [7, 11) is 4.69. The van der Waals surface area contributed by atoms with Gasteiger partial charge in [-0.15, -0.1) is 0 Å². The molecule has 0 unspecified atom stereocenters. The lowest BCUT2D eigenvalue weighted by Crippen LogP contribution is -2.40. The zero-order valence-corrected chi connectivity index (χ0v) is 18.3. The third-order valence-electron chi connectivity index (χ3n) is 5.22. The average Bonchev–Trinajstić information content (AvgIpc) is 2.78. The standard InChI is InChI=1S/C22H24BrNO5/c1-27-17-6-4-14(5-7-17)21(25)15-8-10-24(11-9-15)22(26)16-12-18(28-2)20(23)19(13-16)29-3/h4-7,12-13,15H,8-11H2,1-3H3. The Morgan fingerprint density at radius 2 is 1.45 bits per heavy atom. The summed E-state index contributed by atoms with van der Waals surface area (Å²) in [5.41, 5.74) is 1.18. The van der Waals surface area contributed by atoms with Crippen LogP contribution in [0.4, 0.5) is 0 Å². The molecule has 154 valence electrons. The van der Waals surface area contributed by atoms with Crippen LogP contribution in [0.5, 0.6) is 17.2 Å². The van der Waals surface area contributed by atoms with E-state index in [1.807, 2.05) is 0 Å². The van der Waals surface area contributed by atoms with Crippen LogP contribution >= 0.6 is 15.9 Å². The van der Waals surface area contributed by atoms with E-state index in [0.29, 0.717) is 53.0 Å². The molecule has 2 aromatic carbocycles. The summed E-state index contributed by atoms with van der Waals surface area (Å²) < 4.78 is 16.5. The molecular weight excluding hydrogens is 438 g/mol. The minimum Gasteiger partial charge on any atom is -0.497 e. The summed E-state index contributed by atoms with van der Waals surface area (Å²) in [6, 6.07) is 10.6. The first-order valence-electron chi connectivity index (χ1n) is 9.37. The summed E-state index contributed by atoms with van der Waals surface area (Å²) in [4.78, 5) is 27.5. The minimum absolute atomic E-state index is 0.0820. The smallest absolute Gasteiger partial charge is 0.254 e. The van der Waals surface area contributed by atoms with E-state index in [4.69, 9.17) is 14.2 Å². The maximum Gasteiger partial charge on any atom is 0.254 e. The average molecular weight is 462 g/mol. The molecule has 0 radical (unpaired) electrons. The Kier molecular flexibility index (Phi) is 6.79. The van der Waals surface area contributed by atoms with Crippen LogP contribution in [-0.2, 0) is 0 Å². The number of nitrogens with zero attached hydrogens (tertiary/aromatic N) is 1. The van der Waals surface area contributed by atoms with Gasteiger partial charge in [0.15, 0.2) is 5.78 Å². The molecule has 3 rings (SSSR count). The van der Waals surface area contributed by atoms with Gasteiger partial charge in [-0.05, 0) is 65.2 Å². The highest BCUT2D eigenvalue weighted by Crippen LogP contribution is 2.36. The maximum atomic E-state index is 13.0. The van der Waals surface area contributed by atoms with Gasteiger partial charge in [-0.1, -0.05) is 0 Å². The number of rotatable bonds is 6. The topological polar surface area (TPSA) is 65.1 Å². The molecule has 0 bridgehead atoms. The Balaban J connectivity index is 1.67. The van der Waals surface area contributed by atoms with Gasteiger partial charge in [0.05, 0.1) is 21.3 Å². The number of hydrogen-bond donors (Lipinski definition) is 0. The Labute approximate surface area is 178 Å². The van der Waals surface area contributed by atoms with Crippen molar-refractivity contribution < 1.29 is 23.8 Å². The molecule has 7 heteroatoms. The van der Waals surface area contributed by atoms with E-state index in [9.17, 15) is 9.59 Å². The van der Waals surface area contributed by atoms with Crippen LogP contribution in [0, 0.1) is 5.92 Å². The number of carbonyl (C=O) groups excluding carboxylic acids is 2. The predicted octanol–water partition coefficient (Wildman–Crippen LogP) is 4.21. The molecule has 1 amide bonds. The highest BCUT2D eigenvalue weighted by atomic mass is 79.9. The van der Waals surface area contributed by atoms with Crippen molar-refractivity contribution in [2.24, 2.45) is 5.92 Å². The number of likely N-dealkylation sites (tertiary alicyclic amines) is 1. The molecule has 0 saturated carbocycles. The van der Waals surface area contributed by atoms with E-state index in [2.05, 4.69) is 15.9 Å². The molecular formula is C22H24BrNO5. The monoisotopic (exact) mass is 461 g/mol. The van der Waals surface area contributed by atoms with Gasteiger partial charge < -0.3 is 19.1 Å². The van der Waals surface area contributed by atoms with E-state index >= 15 is 0 Å². The molecule has 1 heterocycles. The van der Waals surface area contributed by atoms with Crippen LogP contribution in [0.2, 0.25) is 0 Å². The summed E-state index contributed by atoms with van der Waals surface area (Å²) in [5, 5.41) is 0. The lowest BCUT2D eigenvalue weighted by Gasteiger charge is -2.31. The van der Waals surface area contributed by atoms with E-state index in [1.165, 1.54) is 0 Å². The van der Waals surface area contributed by atoms with Crippen LogP contribution in [0.3, 0.4) is 0 Å². The first-order chi connectivity index (χ1) is 14.0. The van der Waals surface area contributed by atoms with E-state index in [0.717, 1.165) is 5.75 Å². The second kappa shape index (κ2) is 9.31. The number of ether oxygens (including phenoxy) is 3. The number of amides is 1. The quantitative estimate of drug-likeness (QED) is 0.602. The Bertz CT molecular complexity index is 864. The Morgan fingerprint density at radius 1 is 0.897 bits per heavy atom. The molecule has 6 nitrogen and oxygen atoms in total. The van der Waals surface area contributed by atoms with Crippen molar-refractivity contribution in [2.45, 2.75) is 12.8 Å². The molecule has 1 aliphatic rings. The zero-order valence-electron chi connectivity index (χ0n) is 16.7. The largest absolute Gasteiger partial charge is 0.497 e. The summed E-state index contributed by atoms with van der Waals surface area (Å²) >= 11 is 3.42. The highest BCUT2D eigenvalue weighted by molar-refractivity contribution is 9.10. The Morgan fingerprint density at radius 3 is 1.93 bits per heavy atom. The second-order valence-electron chi connectivity index (χ2n) is 6.85. The van der Waals surface area contributed by atoms with Crippen LogP contribution in [0.1, 0.15) is 33.6 Å². The zero-order chi connectivity index (χ0) is 21.0. The molecule has 29 heavy (non-hydrogen) atoms. The normalized spacial score (nSPS) is 14.4. The number of Topliss-reactive ketones (excluding diaryl/α,β-unsaturated/α-hetero) is 1. The molecule has 2 aromatic rings. The molecule has 0 atom stereocenters. The fraction of sp³-hybridized carbons (Fsp3) is 0.364. The Hall–Kier alpha value is -2.54. The molecule has 0 aromatic heterocycles. The minimum atomic E-state index is -0.0931. The lowest BCUT2D eigenvalue weighted by molar-refractivity contribution is 0.0650. The first kappa shape index (κ1) is 21.2. The van der Waals surface area contributed by atoms with Crippen molar-refractivity contribution in [2.75, 3.05) is 34.4 Å². The van der Waals surface area contributed by atoms with Crippen molar-refractivity contribution in [1.82, 2.24) is 4.90 Å². The van der Waals surface area contributed by atoms with Gasteiger partial charge in [-0.3, -0.25) is 9.59 Å². The molecule has 0 spiro atoms. The maximum absolute atomic E-state index is 13.0. The lowest BCUT2D eigenvalue weighted by atomic mass is 9.88. The van der Waals surface area contributed by atoms with Crippen molar-refractivity contribution in [3.05, 3.63) is 52.0 Å². The van der Waals surface area contributed by atoms with Gasteiger partial charge in [0, 0.05) is 30.1 Å². The van der Waals surface area contributed by atoms with E-state index < -0.39 is 0 Å².